The summed E-state index contributed by atoms with van der Waals surface area (Å²) in [5, 5.41) is 10.4. The van der Waals surface area contributed by atoms with Crippen molar-refractivity contribution in [1.29, 1.82) is 0 Å². The summed E-state index contributed by atoms with van der Waals surface area (Å²) in [5.74, 6) is 0.868. The second-order valence-electron chi connectivity index (χ2n) is 8.61. The van der Waals surface area contributed by atoms with Crippen LogP contribution in [-0.4, -0.2) is 74.7 Å². The highest BCUT2D eigenvalue weighted by Crippen LogP contribution is 2.38. The van der Waals surface area contributed by atoms with Gasteiger partial charge >= 0.3 is 0 Å². The third kappa shape index (κ3) is 3.23. The first-order chi connectivity index (χ1) is 12.8. The Morgan fingerprint density at radius 2 is 1.93 bits per heavy atom. The van der Waals surface area contributed by atoms with Gasteiger partial charge < -0.3 is 19.5 Å². The molecule has 1 N–H and O–H groups in total. The van der Waals surface area contributed by atoms with Gasteiger partial charge in [-0.05, 0) is 58.7 Å². The molecular formula is C20H29N5O2. The highest BCUT2D eigenvalue weighted by Gasteiger charge is 2.43. The number of pyridine rings is 1. The third-order valence-corrected chi connectivity index (χ3v) is 6.28. The summed E-state index contributed by atoms with van der Waals surface area (Å²) in [6.07, 6.45) is 4.86. The van der Waals surface area contributed by atoms with Crippen molar-refractivity contribution in [1.82, 2.24) is 24.3 Å². The molecular weight excluding hydrogens is 342 g/mol. The van der Waals surface area contributed by atoms with Crippen molar-refractivity contribution in [3.63, 3.8) is 0 Å². The van der Waals surface area contributed by atoms with E-state index in [0.29, 0.717) is 17.4 Å². The van der Waals surface area contributed by atoms with E-state index in [2.05, 4.69) is 28.7 Å². The molecule has 0 radical (unpaired) electrons. The van der Waals surface area contributed by atoms with Crippen molar-refractivity contribution in [3.8, 4) is 0 Å². The van der Waals surface area contributed by atoms with Gasteiger partial charge in [0.15, 0.2) is 5.65 Å². The maximum Gasteiger partial charge on any atom is 0.255 e. The standard InChI is InChI=1S/C20H29N5O2/c1-12(2)25-11-22-16-5-13(8-21-19(16)25)20(27)24-9-14-6-17(23(3)4)18(26)7-15(14)10-24/h5,8,11-12,14-15,17-18,26H,6-7,9-10H2,1-4H3/t14-,15+,17-,18-/m1/s1. The van der Waals surface area contributed by atoms with Crippen LogP contribution >= 0.6 is 0 Å². The number of likely N-dealkylation sites (tertiary alicyclic amines) is 1. The molecule has 4 rings (SSSR count). The highest BCUT2D eigenvalue weighted by molar-refractivity contribution is 5.96. The maximum absolute atomic E-state index is 13.1. The zero-order valence-corrected chi connectivity index (χ0v) is 16.5. The van der Waals surface area contributed by atoms with Crippen molar-refractivity contribution in [2.24, 2.45) is 11.8 Å². The number of rotatable bonds is 3. The molecule has 3 heterocycles. The average Bonchev–Trinajstić information content (AvgIpc) is 3.22. The minimum Gasteiger partial charge on any atom is -0.391 e. The Morgan fingerprint density at radius 1 is 1.22 bits per heavy atom. The Morgan fingerprint density at radius 3 is 2.59 bits per heavy atom. The molecule has 2 fully saturated rings. The van der Waals surface area contributed by atoms with Crippen LogP contribution in [0.4, 0.5) is 0 Å². The first-order valence-electron chi connectivity index (χ1n) is 9.81. The van der Waals surface area contributed by atoms with Crippen LogP contribution in [0.1, 0.15) is 43.1 Å². The predicted octanol–water partition coefficient (Wildman–Crippen LogP) is 1.79. The number of amides is 1. The number of fused-ring (bicyclic) bond motifs is 2. The Balaban J connectivity index is 1.51. The van der Waals surface area contributed by atoms with E-state index in [1.165, 1.54) is 0 Å². The molecule has 1 saturated heterocycles. The molecule has 2 aromatic rings. The normalized spacial score (nSPS) is 28.3. The zero-order chi connectivity index (χ0) is 19.3. The molecule has 1 aliphatic heterocycles. The van der Waals surface area contributed by atoms with Crippen LogP contribution in [0, 0.1) is 11.8 Å². The molecule has 2 aliphatic rings. The summed E-state index contributed by atoms with van der Waals surface area (Å²) < 4.78 is 2.01. The summed E-state index contributed by atoms with van der Waals surface area (Å²) >= 11 is 0. The maximum atomic E-state index is 13.1. The topological polar surface area (TPSA) is 74.5 Å². The van der Waals surface area contributed by atoms with E-state index in [4.69, 9.17) is 0 Å². The summed E-state index contributed by atoms with van der Waals surface area (Å²) in [5.41, 5.74) is 2.17. The minimum atomic E-state index is -0.311. The molecule has 7 nitrogen and oxygen atoms in total. The van der Waals surface area contributed by atoms with E-state index in [0.717, 1.165) is 37.1 Å². The smallest absolute Gasteiger partial charge is 0.255 e. The summed E-state index contributed by atoms with van der Waals surface area (Å²) in [4.78, 5) is 26.0. The number of nitrogens with zero attached hydrogens (tertiary/aromatic N) is 5. The molecule has 2 aromatic heterocycles. The molecule has 4 atom stereocenters. The van der Waals surface area contributed by atoms with Gasteiger partial charge in [0, 0.05) is 31.4 Å². The van der Waals surface area contributed by atoms with Gasteiger partial charge in [-0.1, -0.05) is 0 Å². The largest absolute Gasteiger partial charge is 0.391 e. The number of carbonyl (C=O) groups is 1. The van der Waals surface area contributed by atoms with Crippen LogP contribution in [-0.2, 0) is 0 Å². The van der Waals surface area contributed by atoms with Crippen molar-refractivity contribution in [2.75, 3.05) is 27.2 Å². The average molecular weight is 371 g/mol. The second-order valence-corrected chi connectivity index (χ2v) is 8.61. The van der Waals surface area contributed by atoms with E-state index >= 15 is 0 Å². The summed E-state index contributed by atoms with van der Waals surface area (Å²) in [7, 11) is 4.03. The number of aliphatic hydroxyl groups excluding tert-OH is 1. The lowest BCUT2D eigenvalue weighted by Gasteiger charge is -2.38. The van der Waals surface area contributed by atoms with Gasteiger partial charge in [-0.25, -0.2) is 9.97 Å². The molecule has 7 heteroatoms. The van der Waals surface area contributed by atoms with Crippen LogP contribution in [0.3, 0.4) is 0 Å². The fourth-order valence-electron chi connectivity index (χ4n) is 4.72. The second kappa shape index (κ2) is 6.87. The fourth-order valence-corrected chi connectivity index (χ4v) is 4.72. The molecule has 146 valence electrons. The fraction of sp³-hybridized carbons (Fsp3) is 0.650. The molecule has 1 amide bonds. The Kier molecular flexibility index (Phi) is 4.68. The van der Waals surface area contributed by atoms with Gasteiger partial charge in [0.1, 0.15) is 5.52 Å². The Hall–Kier alpha value is -1.99. The van der Waals surface area contributed by atoms with Crippen LogP contribution in [0.5, 0.6) is 0 Å². The number of hydrogen-bond acceptors (Lipinski definition) is 5. The van der Waals surface area contributed by atoms with Crippen molar-refractivity contribution >= 4 is 17.1 Å². The SMILES string of the molecule is CC(C)n1cnc2cc(C(=O)N3C[C@H]4C[C@@H](N(C)C)[C@H](O)C[C@H]4C3)cnc21. The van der Waals surface area contributed by atoms with E-state index < -0.39 is 0 Å². The number of imidazole rings is 1. The molecule has 0 spiro atoms. The van der Waals surface area contributed by atoms with Crippen LogP contribution in [0.2, 0.25) is 0 Å². The molecule has 1 saturated carbocycles. The quantitative estimate of drug-likeness (QED) is 0.890. The summed E-state index contributed by atoms with van der Waals surface area (Å²) in [6, 6.07) is 2.31. The van der Waals surface area contributed by atoms with Gasteiger partial charge in [0.2, 0.25) is 0 Å². The molecule has 0 aromatic carbocycles. The van der Waals surface area contributed by atoms with Crippen molar-refractivity contribution in [3.05, 3.63) is 24.2 Å². The lowest BCUT2D eigenvalue weighted by molar-refractivity contribution is 0.00940. The molecule has 27 heavy (non-hydrogen) atoms. The number of hydrogen-bond donors (Lipinski definition) is 1. The summed E-state index contributed by atoms with van der Waals surface area (Å²) in [6.45, 7) is 5.66. The number of aromatic nitrogens is 3. The predicted molar refractivity (Wildman–Crippen MR) is 104 cm³/mol. The lowest BCUT2D eigenvalue weighted by Crippen LogP contribution is -2.46. The molecule has 0 unspecified atom stereocenters. The highest BCUT2D eigenvalue weighted by atomic mass is 16.3. The van der Waals surface area contributed by atoms with Crippen LogP contribution < -0.4 is 0 Å². The third-order valence-electron chi connectivity index (χ3n) is 6.28. The molecule has 0 bridgehead atoms. The van der Waals surface area contributed by atoms with E-state index in [9.17, 15) is 9.90 Å². The Labute approximate surface area is 160 Å². The van der Waals surface area contributed by atoms with Crippen LogP contribution in [0.25, 0.3) is 11.2 Å². The van der Waals surface area contributed by atoms with E-state index in [1.54, 1.807) is 12.5 Å². The molecule has 1 aliphatic carbocycles. The minimum absolute atomic E-state index is 0.0220. The number of aliphatic hydroxyl groups is 1. The van der Waals surface area contributed by atoms with Gasteiger partial charge in [0.05, 0.1) is 18.0 Å². The van der Waals surface area contributed by atoms with E-state index in [-0.39, 0.29) is 24.1 Å². The monoisotopic (exact) mass is 371 g/mol. The lowest BCUT2D eigenvalue weighted by atomic mass is 9.77. The van der Waals surface area contributed by atoms with Gasteiger partial charge in [-0.2, -0.15) is 0 Å². The van der Waals surface area contributed by atoms with E-state index in [1.807, 2.05) is 29.6 Å². The zero-order valence-electron chi connectivity index (χ0n) is 16.5. The van der Waals surface area contributed by atoms with Crippen molar-refractivity contribution in [2.45, 2.75) is 44.9 Å². The van der Waals surface area contributed by atoms with Crippen LogP contribution in [0.15, 0.2) is 18.6 Å². The number of likely N-dealkylation sites (N-methyl/N-ethyl adjacent to an activating group) is 1. The van der Waals surface area contributed by atoms with Gasteiger partial charge in [-0.15, -0.1) is 0 Å². The van der Waals surface area contributed by atoms with Gasteiger partial charge in [0.25, 0.3) is 5.91 Å². The Bertz CT molecular complexity index is 846. The number of carbonyl (C=O) groups excluding carboxylic acids is 1. The van der Waals surface area contributed by atoms with Gasteiger partial charge in [-0.3, -0.25) is 4.79 Å². The first-order valence-corrected chi connectivity index (χ1v) is 9.81. The van der Waals surface area contributed by atoms with Crippen molar-refractivity contribution < 1.29 is 9.90 Å². The first kappa shape index (κ1) is 18.4.